The van der Waals surface area contributed by atoms with Crippen LogP contribution in [-0.2, 0) is 4.79 Å². The summed E-state index contributed by atoms with van der Waals surface area (Å²) < 4.78 is 4.83. The lowest BCUT2D eigenvalue weighted by molar-refractivity contribution is -0.389. The second-order valence-electron chi connectivity index (χ2n) is 4.90. The molecule has 0 amide bonds. The van der Waals surface area contributed by atoms with Crippen LogP contribution in [0.1, 0.15) is 5.56 Å². The fraction of sp³-hybridized carbons (Fsp3) is 0. The number of carbonyl (C=O) groups is 1. The van der Waals surface area contributed by atoms with Crippen LogP contribution in [0.2, 0.25) is 0 Å². The van der Waals surface area contributed by atoms with Crippen LogP contribution < -0.4 is 4.74 Å². The fourth-order valence-corrected chi connectivity index (χ4v) is 1.88. The number of carbonyl (C=O) groups excluding carboxylic acids is 1. The van der Waals surface area contributed by atoms with Crippen molar-refractivity contribution in [2.24, 2.45) is 0 Å². The molecule has 0 saturated heterocycles. The number of benzene rings is 2. The lowest BCUT2D eigenvalue weighted by Gasteiger charge is -2.02. The predicted octanol–water partition coefficient (Wildman–Crippen LogP) is 3.38. The van der Waals surface area contributed by atoms with Gasteiger partial charge >= 0.3 is 11.7 Å². The van der Waals surface area contributed by atoms with E-state index in [2.05, 4.69) is 0 Å². The summed E-state index contributed by atoms with van der Waals surface area (Å²) in [5.41, 5.74) is -0.221. The summed E-state index contributed by atoms with van der Waals surface area (Å²) in [6.45, 7) is 0. The summed E-state index contributed by atoms with van der Waals surface area (Å²) >= 11 is 0. The topological polar surface area (TPSA) is 133 Å². The molecule has 2 aromatic rings. The summed E-state index contributed by atoms with van der Waals surface area (Å²) in [5.74, 6) is -1.31. The number of rotatable bonds is 6. The molecule has 0 aliphatic rings. The number of phenolic OH excluding ortho intramolecular Hbond substituents is 1. The maximum atomic E-state index is 11.8. The third kappa shape index (κ3) is 4.99. The molecule has 9 nitrogen and oxygen atoms in total. The van der Waals surface area contributed by atoms with Crippen molar-refractivity contribution < 1.29 is 24.5 Å². The molecule has 0 spiro atoms. The Morgan fingerprint density at radius 1 is 1.00 bits per heavy atom. The van der Waals surface area contributed by atoms with Crippen molar-refractivity contribution >= 4 is 23.4 Å². The number of nitro groups is 2. The van der Waals surface area contributed by atoms with E-state index in [1.54, 1.807) is 18.2 Å². The van der Waals surface area contributed by atoms with E-state index in [0.29, 0.717) is 0 Å². The van der Waals surface area contributed by atoms with Crippen molar-refractivity contribution in [3.05, 3.63) is 86.5 Å². The molecule has 0 fully saturated rings. The van der Waals surface area contributed by atoms with E-state index >= 15 is 0 Å². The first-order chi connectivity index (χ1) is 12.4. The van der Waals surface area contributed by atoms with Crippen molar-refractivity contribution in [3.63, 3.8) is 0 Å². The maximum Gasteiger partial charge on any atom is 0.336 e. The minimum absolute atomic E-state index is 0.125. The molecular formula is C17H12N2O7. The van der Waals surface area contributed by atoms with E-state index in [0.717, 1.165) is 29.8 Å². The Morgan fingerprint density at radius 3 is 2.31 bits per heavy atom. The molecule has 0 radical (unpaired) electrons. The molecule has 0 bridgehead atoms. The Kier molecular flexibility index (Phi) is 5.78. The zero-order valence-corrected chi connectivity index (χ0v) is 13.1. The van der Waals surface area contributed by atoms with Crippen molar-refractivity contribution in [3.8, 4) is 11.5 Å². The van der Waals surface area contributed by atoms with Crippen LogP contribution in [0.4, 0.5) is 11.4 Å². The van der Waals surface area contributed by atoms with Crippen LogP contribution in [0.15, 0.2) is 60.7 Å². The summed E-state index contributed by atoms with van der Waals surface area (Å²) in [6.07, 6.45) is 5.53. The van der Waals surface area contributed by atoms with Crippen LogP contribution in [0.25, 0.3) is 6.08 Å². The minimum Gasteiger partial charge on any atom is -0.508 e. The van der Waals surface area contributed by atoms with Gasteiger partial charge in [0.2, 0.25) is 5.75 Å². The van der Waals surface area contributed by atoms with E-state index in [1.165, 1.54) is 24.3 Å². The maximum absolute atomic E-state index is 11.8. The summed E-state index contributed by atoms with van der Waals surface area (Å²) in [7, 11) is 0. The van der Waals surface area contributed by atoms with Crippen molar-refractivity contribution in [1.82, 2.24) is 0 Å². The first kappa shape index (κ1) is 18.3. The zero-order chi connectivity index (χ0) is 19.1. The van der Waals surface area contributed by atoms with Gasteiger partial charge in [-0.3, -0.25) is 20.2 Å². The molecule has 0 atom stereocenters. The highest BCUT2D eigenvalue weighted by atomic mass is 16.6. The second kappa shape index (κ2) is 8.20. The Hall–Kier alpha value is -4.01. The molecule has 0 aliphatic heterocycles. The largest absolute Gasteiger partial charge is 0.508 e. The molecule has 0 saturated carbocycles. The highest BCUT2D eigenvalue weighted by Gasteiger charge is 2.21. The van der Waals surface area contributed by atoms with Crippen LogP contribution >= 0.6 is 0 Å². The highest BCUT2D eigenvalue weighted by Crippen LogP contribution is 2.31. The molecule has 132 valence electrons. The summed E-state index contributed by atoms with van der Waals surface area (Å²) in [6, 6.07) is 8.98. The van der Waals surface area contributed by atoms with Gasteiger partial charge in [-0.15, -0.1) is 0 Å². The Labute approximate surface area is 146 Å². The van der Waals surface area contributed by atoms with Gasteiger partial charge in [0.05, 0.1) is 15.9 Å². The number of ether oxygens (including phenoxy) is 1. The molecule has 9 heteroatoms. The smallest absolute Gasteiger partial charge is 0.336 e. The Morgan fingerprint density at radius 2 is 1.69 bits per heavy atom. The second-order valence-corrected chi connectivity index (χ2v) is 4.90. The minimum atomic E-state index is -0.927. The summed E-state index contributed by atoms with van der Waals surface area (Å²) in [4.78, 5) is 31.9. The molecule has 2 aromatic carbocycles. The highest BCUT2D eigenvalue weighted by molar-refractivity contribution is 5.85. The predicted molar refractivity (Wildman–Crippen MR) is 91.7 cm³/mol. The van der Waals surface area contributed by atoms with Crippen LogP contribution in [-0.4, -0.2) is 20.9 Å². The third-order valence-electron chi connectivity index (χ3n) is 3.09. The average molecular weight is 356 g/mol. The number of esters is 1. The van der Waals surface area contributed by atoms with E-state index in [-0.39, 0.29) is 5.75 Å². The van der Waals surface area contributed by atoms with Crippen LogP contribution in [0, 0.1) is 20.2 Å². The van der Waals surface area contributed by atoms with Gasteiger partial charge in [-0.25, -0.2) is 4.79 Å². The first-order valence-corrected chi connectivity index (χ1v) is 7.15. The molecule has 0 aliphatic carbocycles. The van der Waals surface area contributed by atoms with Crippen molar-refractivity contribution in [2.75, 3.05) is 0 Å². The molecule has 0 aromatic heterocycles. The van der Waals surface area contributed by atoms with E-state index in [4.69, 9.17) is 9.84 Å². The number of hydrogen-bond donors (Lipinski definition) is 1. The zero-order valence-electron chi connectivity index (χ0n) is 13.1. The number of nitrogens with zero attached hydrogens (tertiary/aromatic N) is 2. The molecule has 0 unspecified atom stereocenters. The summed E-state index contributed by atoms with van der Waals surface area (Å²) in [5, 5.41) is 30.8. The van der Waals surface area contributed by atoms with Gasteiger partial charge in [-0.1, -0.05) is 30.4 Å². The van der Waals surface area contributed by atoms with Gasteiger partial charge in [0.15, 0.2) is 0 Å². The molecular weight excluding hydrogens is 344 g/mol. The monoisotopic (exact) mass is 356 g/mol. The SMILES string of the molecule is O=C(/C=C/C=C/c1ccc(O)cc1)Oc1cc([N+](=O)[O-])ccc1[N+](=O)[O-]. The van der Waals surface area contributed by atoms with Gasteiger partial charge in [-0.05, 0) is 17.7 Å². The van der Waals surface area contributed by atoms with Crippen molar-refractivity contribution in [2.45, 2.75) is 0 Å². The third-order valence-corrected chi connectivity index (χ3v) is 3.09. The van der Waals surface area contributed by atoms with Gasteiger partial charge in [0.25, 0.3) is 5.69 Å². The van der Waals surface area contributed by atoms with Crippen molar-refractivity contribution in [1.29, 1.82) is 0 Å². The molecule has 0 heterocycles. The van der Waals surface area contributed by atoms with Crippen LogP contribution in [0.3, 0.4) is 0 Å². The number of non-ortho nitro benzene ring substituents is 1. The Bertz CT molecular complexity index is 902. The van der Waals surface area contributed by atoms with Crippen LogP contribution in [0.5, 0.6) is 11.5 Å². The standard InChI is InChI=1S/C17H12N2O7/c20-14-8-5-12(6-9-14)3-1-2-4-17(21)26-16-11-13(18(22)23)7-10-15(16)19(24)25/h1-11,20H/b3-1+,4-2+. The fourth-order valence-electron chi connectivity index (χ4n) is 1.88. The Balaban J connectivity index is 2.08. The number of aromatic hydroxyl groups is 1. The molecule has 2 rings (SSSR count). The lowest BCUT2D eigenvalue weighted by atomic mass is 10.2. The number of phenols is 1. The van der Waals surface area contributed by atoms with Gasteiger partial charge in [0.1, 0.15) is 5.75 Å². The normalized spacial score (nSPS) is 10.9. The first-order valence-electron chi connectivity index (χ1n) is 7.15. The number of allylic oxidation sites excluding steroid dienone is 2. The molecule has 1 N–H and O–H groups in total. The van der Waals surface area contributed by atoms with Gasteiger partial charge in [-0.2, -0.15) is 0 Å². The van der Waals surface area contributed by atoms with E-state index in [9.17, 15) is 25.0 Å². The van der Waals surface area contributed by atoms with E-state index < -0.39 is 32.9 Å². The lowest BCUT2D eigenvalue weighted by Crippen LogP contribution is -2.06. The molecule has 26 heavy (non-hydrogen) atoms. The van der Waals surface area contributed by atoms with E-state index in [1.807, 2.05) is 0 Å². The van der Waals surface area contributed by atoms with Gasteiger partial charge in [0, 0.05) is 18.2 Å². The van der Waals surface area contributed by atoms with Gasteiger partial charge < -0.3 is 9.84 Å². The number of nitro benzene ring substituents is 2. The number of hydrogen-bond acceptors (Lipinski definition) is 7. The average Bonchev–Trinajstić information content (AvgIpc) is 2.60. The quantitative estimate of drug-likeness (QED) is 0.209.